The second-order valence-electron chi connectivity index (χ2n) is 4.45. The van der Waals surface area contributed by atoms with E-state index >= 15 is 0 Å². The number of rotatable bonds is 6. The maximum atomic E-state index is 13.1. The number of nitrogens with one attached hydrogen (secondary N) is 1. The van der Waals surface area contributed by atoms with E-state index in [-0.39, 0.29) is 23.3 Å². The fourth-order valence-electron chi connectivity index (χ4n) is 1.82. The lowest BCUT2D eigenvalue weighted by molar-refractivity contribution is -0.198. The number of H-pyrrole nitrogens is 1. The zero-order valence-electron chi connectivity index (χ0n) is 10.8. The highest BCUT2D eigenvalue weighted by Gasteiger charge is 2.34. The van der Waals surface area contributed by atoms with Gasteiger partial charge in [0.25, 0.3) is 6.47 Å². The number of carbonyl (C=O) groups is 1. The van der Waals surface area contributed by atoms with Crippen LogP contribution >= 0.6 is 0 Å². The van der Waals surface area contributed by atoms with Crippen molar-refractivity contribution in [3.8, 4) is 0 Å². The van der Waals surface area contributed by atoms with Crippen molar-refractivity contribution in [1.82, 2.24) is 9.97 Å². The average molecular weight is 318 g/mol. The van der Waals surface area contributed by atoms with E-state index < -0.39 is 36.2 Å². The highest BCUT2D eigenvalue weighted by Crippen LogP contribution is 2.23. The molecule has 0 spiro atoms. The number of fused-ring (bicyclic) bond motifs is 1. The topological polar surface area (TPSA) is 136 Å². The number of halogens is 2. The Morgan fingerprint density at radius 2 is 1.77 bits per heavy atom. The van der Waals surface area contributed by atoms with Crippen LogP contribution in [0.15, 0.2) is 12.1 Å². The van der Waals surface area contributed by atoms with Crippen molar-refractivity contribution < 1.29 is 38.7 Å². The van der Waals surface area contributed by atoms with Gasteiger partial charge < -0.3 is 30.1 Å². The SMILES string of the molecule is O=COC(O)[C@@H](O)[C@H](O)C(O)c1nc2cc(F)c(F)cc2[nH]1. The van der Waals surface area contributed by atoms with Gasteiger partial charge in [0.15, 0.2) is 11.6 Å². The molecule has 0 aliphatic rings. The van der Waals surface area contributed by atoms with Crippen molar-refractivity contribution >= 4 is 17.5 Å². The van der Waals surface area contributed by atoms with Gasteiger partial charge in [0.1, 0.15) is 24.1 Å². The highest BCUT2D eigenvalue weighted by atomic mass is 19.2. The molecule has 1 aromatic carbocycles. The molecule has 0 saturated carbocycles. The summed E-state index contributed by atoms with van der Waals surface area (Å²) in [6.07, 6.45) is -7.91. The first-order chi connectivity index (χ1) is 10.3. The minimum atomic E-state index is -2.07. The Morgan fingerprint density at radius 3 is 2.41 bits per heavy atom. The maximum absolute atomic E-state index is 13.1. The molecule has 0 aliphatic carbocycles. The molecule has 120 valence electrons. The summed E-state index contributed by atoms with van der Waals surface area (Å²) in [4.78, 5) is 16.2. The van der Waals surface area contributed by atoms with Gasteiger partial charge in [-0.25, -0.2) is 13.8 Å². The van der Waals surface area contributed by atoms with Crippen LogP contribution in [0.5, 0.6) is 0 Å². The Morgan fingerprint density at radius 1 is 1.14 bits per heavy atom. The Balaban J connectivity index is 2.25. The molecule has 5 N–H and O–H groups in total. The quantitative estimate of drug-likeness (QED) is 0.343. The standard InChI is InChI=1S/C12H12F2N2O6/c13-4-1-6-7(2-5(4)14)16-11(15-6)9(19)8(18)10(20)12(21)22-3-17/h1-3,8-10,12,18-21H,(H,15,16)/t8-,9?,10+,12?/m1/s1. The summed E-state index contributed by atoms with van der Waals surface area (Å²) in [5.41, 5.74) is 0.0404. The molecule has 0 bridgehead atoms. The zero-order valence-corrected chi connectivity index (χ0v) is 10.8. The van der Waals surface area contributed by atoms with Crippen LogP contribution in [0.4, 0.5) is 8.78 Å². The number of ether oxygens (including phenoxy) is 1. The van der Waals surface area contributed by atoms with Crippen LogP contribution in [0.25, 0.3) is 11.0 Å². The third-order valence-corrected chi connectivity index (χ3v) is 2.98. The largest absolute Gasteiger partial charge is 0.435 e. The van der Waals surface area contributed by atoms with Gasteiger partial charge in [-0.2, -0.15) is 0 Å². The third kappa shape index (κ3) is 3.04. The van der Waals surface area contributed by atoms with Crippen molar-refractivity contribution in [2.45, 2.75) is 24.6 Å². The van der Waals surface area contributed by atoms with Gasteiger partial charge in [0, 0.05) is 12.1 Å². The number of aromatic amines is 1. The molecule has 0 saturated heterocycles. The van der Waals surface area contributed by atoms with Gasteiger partial charge in [-0.05, 0) is 0 Å². The molecule has 1 aromatic heterocycles. The summed E-state index contributed by atoms with van der Waals surface area (Å²) in [6, 6.07) is 1.59. The molecule has 2 rings (SSSR count). The number of hydrogen-bond donors (Lipinski definition) is 5. The van der Waals surface area contributed by atoms with Crippen LogP contribution in [-0.2, 0) is 9.53 Å². The summed E-state index contributed by atoms with van der Waals surface area (Å²) in [5.74, 6) is -2.58. The summed E-state index contributed by atoms with van der Waals surface area (Å²) in [7, 11) is 0. The molecule has 0 radical (unpaired) electrons. The Bertz CT molecular complexity index is 640. The molecule has 0 aliphatic heterocycles. The van der Waals surface area contributed by atoms with Crippen molar-refractivity contribution in [1.29, 1.82) is 0 Å². The summed E-state index contributed by atoms with van der Waals surface area (Å²) in [5, 5.41) is 38.3. The van der Waals surface area contributed by atoms with Gasteiger partial charge in [-0.15, -0.1) is 0 Å². The zero-order chi connectivity index (χ0) is 16.4. The number of aliphatic hydroxyl groups excluding tert-OH is 4. The van der Waals surface area contributed by atoms with E-state index in [9.17, 15) is 34.0 Å². The van der Waals surface area contributed by atoms with E-state index in [1.165, 1.54) is 0 Å². The second kappa shape index (κ2) is 6.32. The lowest BCUT2D eigenvalue weighted by Crippen LogP contribution is -2.42. The Kier molecular flexibility index (Phi) is 4.66. The van der Waals surface area contributed by atoms with Crippen molar-refractivity contribution in [3.05, 3.63) is 29.6 Å². The van der Waals surface area contributed by atoms with Gasteiger partial charge in [-0.1, -0.05) is 0 Å². The minimum absolute atomic E-state index is 0.0145. The summed E-state index contributed by atoms with van der Waals surface area (Å²) >= 11 is 0. The Hall–Kier alpha value is -2.14. The monoisotopic (exact) mass is 318 g/mol. The predicted octanol–water partition coefficient (Wildman–Crippen LogP) is -0.912. The van der Waals surface area contributed by atoms with Gasteiger partial charge in [-0.3, -0.25) is 4.79 Å². The molecule has 4 atom stereocenters. The van der Waals surface area contributed by atoms with Gasteiger partial charge in [0.2, 0.25) is 6.29 Å². The normalized spacial score (nSPS) is 17.0. The van der Waals surface area contributed by atoms with Crippen LogP contribution in [0.3, 0.4) is 0 Å². The number of imidazole rings is 1. The Labute approximate surface area is 121 Å². The first-order valence-corrected chi connectivity index (χ1v) is 6.01. The van der Waals surface area contributed by atoms with Gasteiger partial charge >= 0.3 is 0 Å². The van der Waals surface area contributed by atoms with Crippen molar-refractivity contribution in [3.63, 3.8) is 0 Å². The molecule has 0 amide bonds. The van der Waals surface area contributed by atoms with Crippen LogP contribution in [0, 0.1) is 11.6 Å². The number of aliphatic hydroxyl groups is 4. The van der Waals surface area contributed by atoms with Crippen LogP contribution in [-0.4, -0.2) is 55.4 Å². The third-order valence-electron chi connectivity index (χ3n) is 2.98. The van der Waals surface area contributed by atoms with Crippen LogP contribution < -0.4 is 0 Å². The molecule has 22 heavy (non-hydrogen) atoms. The minimum Gasteiger partial charge on any atom is -0.435 e. The predicted molar refractivity (Wildman–Crippen MR) is 66.1 cm³/mol. The lowest BCUT2D eigenvalue weighted by Gasteiger charge is -2.24. The smallest absolute Gasteiger partial charge is 0.295 e. The molecule has 8 nitrogen and oxygen atoms in total. The average Bonchev–Trinajstić information content (AvgIpc) is 2.88. The van der Waals surface area contributed by atoms with Crippen LogP contribution in [0.1, 0.15) is 11.9 Å². The molecule has 2 aromatic rings. The molecular formula is C12H12F2N2O6. The highest BCUT2D eigenvalue weighted by molar-refractivity contribution is 5.75. The van der Waals surface area contributed by atoms with Crippen molar-refractivity contribution in [2.75, 3.05) is 0 Å². The lowest BCUT2D eigenvalue weighted by atomic mass is 10.1. The number of hydrogen-bond acceptors (Lipinski definition) is 7. The van der Waals surface area contributed by atoms with E-state index in [1.807, 2.05) is 0 Å². The van der Waals surface area contributed by atoms with Crippen molar-refractivity contribution in [2.24, 2.45) is 0 Å². The van der Waals surface area contributed by atoms with Gasteiger partial charge in [0.05, 0.1) is 11.0 Å². The molecule has 2 unspecified atom stereocenters. The second-order valence-corrected chi connectivity index (χ2v) is 4.45. The van der Waals surface area contributed by atoms with E-state index in [2.05, 4.69) is 14.7 Å². The molecule has 0 fully saturated rings. The number of aromatic nitrogens is 2. The molecular weight excluding hydrogens is 306 g/mol. The molecule has 10 heteroatoms. The number of carbonyl (C=O) groups excluding carboxylic acids is 1. The van der Waals surface area contributed by atoms with E-state index in [4.69, 9.17) is 0 Å². The number of nitrogens with zero attached hydrogens (tertiary/aromatic N) is 1. The van der Waals surface area contributed by atoms with E-state index in [0.717, 1.165) is 12.1 Å². The maximum Gasteiger partial charge on any atom is 0.295 e. The summed E-state index contributed by atoms with van der Waals surface area (Å²) in [6.45, 7) is -0.153. The van der Waals surface area contributed by atoms with Crippen LogP contribution in [0.2, 0.25) is 0 Å². The first kappa shape index (κ1) is 16.2. The fourth-order valence-corrected chi connectivity index (χ4v) is 1.82. The fraction of sp³-hybridized carbons (Fsp3) is 0.333. The molecule has 1 heterocycles. The van der Waals surface area contributed by atoms with E-state index in [0.29, 0.717) is 0 Å². The first-order valence-electron chi connectivity index (χ1n) is 6.01. The number of benzene rings is 1. The summed E-state index contributed by atoms with van der Waals surface area (Å²) < 4.78 is 30.2. The van der Waals surface area contributed by atoms with E-state index in [1.54, 1.807) is 0 Å².